The van der Waals surface area contributed by atoms with Crippen LogP contribution in [0.1, 0.15) is 76.0 Å². The molecule has 1 spiro atoms. The number of hydrogen-bond donors (Lipinski definition) is 1. The van der Waals surface area contributed by atoms with Gasteiger partial charge < -0.3 is 19.6 Å². The van der Waals surface area contributed by atoms with Gasteiger partial charge in [0, 0.05) is 100 Å². The second-order valence-corrected chi connectivity index (χ2v) is 17.5. The van der Waals surface area contributed by atoms with E-state index in [1.165, 1.54) is 0 Å². The number of hydrogen-bond acceptors (Lipinski definition) is 9. The lowest BCUT2D eigenvalue weighted by atomic mass is 9.77. The van der Waals surface area contributed by atoms with Gasteiger partial charge in [-0.2, -0.15) is 0 Å². The molecule has 5 saturated heterocycles. The fraction of sp³-hybridized carbons (Fsp3) is 0.467. The minimum atomic E-state index is -0.975. The largest absolute Gasteiger partial charge is 0.371 e. The Morgan fingerprint density at radius 2 is 1.49 bits per heavy atom. The summed E-state index contributed by atoms with van der Waals surface area (Å²) in [4.78, 5) is 80.9. The van der Waals surface area contributed by atoms with Crippen molar-refractivity contribution < 1.29 is 24.0 Å². The number of amides is 5. The molecule has 9 rings (SSSR count). The number of carbonyl (C=O) groups is 5. The molecule has 0 aliphatic carbocycles. The molecule has 5 fully saturated rings. The highest BCUT2D eigenvalue weighted by Crippen LogP contribution is 2.43. The van der Waals surface area contributed by atoms with Gasteiger partial charge in [0.1, 0.15) is 6.04 Å². The van der Waals surface area contributed by atoms with Crippen molar-refractivity contribution >= 4 is 63.9 Å². The standard InChI is InChI=1S/C45H49ClN8O5/c1-47-36-10-9-33(27-35(36)46)53-22-17-45(29-53)15-20-52(21-16-45)42(57)31-5-7-32(8-6-31)50-25-23-49(24-26-50)28-30-13-18-51(19-14-30)37-4-2-3-34-40(37)44(59)54(43(34)58)38-11-12-39(55)48-41(38)56/h2-10,27,30,38H,11-26,28-29H2,(H,48,55,56). The Bertz CT molecular complexity index is 2220. The molecule has 3 aromatic carbocycles. The molecule has 306 valence electrons. The van der Waals surface area contributed by atoms with Gasteiger partial charge in [0.15, 0.2) is 0 Å². The van der Waals surface area contributed by atoms with E-state index in [-0.39, 0.29) is 30.1 Å². The van der Waals surface area contributed by atoms with Crippen LogP contribution in [0.2, 0.25) is 5.02 Å². The topological polar surface area (TPSA) is 121 Å². The molecule has 0 aromatic heterocycles. The van der Waals surface area contributed by atoms with Crippen molar-refractivity contribution in [2.45, 2.75) is 51.0 Å². The van der Waals surface area contributed by atoms with Gasteiger partial charge in [-0.3, -0.25) is 39.1 Å². The molecular formula is C45H49ClN8O5. The molecular weight excluding hydrogens is 768 g/mol. The molecule has 0 saturated carbocycles. The van der Waals surface area contributed by atoms with E-state index in [1.807, 2.05) is 35.2 Å². The number of rotatable bonds is 7. The van der Waals surface area contributed by atoms with Crippen LogP contribution in [0.4, 0.5) is 22.7 Å². The number of fused-ring (bicyclic) bond motifs is 1. The zero-order valence-corrected chi connectivity index (χ0v) is 34.0. The van der Waals surface area contributed by atoms with Crippen LogP contribution in [-0.4, -0.2) is 122 Å². The van der Waals surface area contributed by atoms with Crippen LogP contribution < -0.4 is 20.0 Å². The number of imide groups is 2. The number of carbonyl (C=O) groups excluding carboxylic acids is 5. The summed E-state index contributed by atoms with van der Waals surface area (Å²) < 4.78 is 0. The Morgan fingerprint density at radius 3 is 2.19 bits per heavy atom. The zero-order chi connectivity index (χ0) is 40.8. The van der Waals surface area contributed by atoms with Crippen molar-refractivity contribution in [3.8, 4) is 0 Å². The molecule has 6 aliphatic rings. The number of likely N-dealkylation sites (tertiary alicyclic amines) is 1. The quantitative estimate of drug-likeness (QED) is 0.245. The maximum atomic E-state index is 13.6. The number of piperazine rings is 1. The number of anilines is 3. The summed E-state index contributed by atoms with van der Waals surface area (Å²) in [5, 5.41) is 2.77. The van der Waals surface area contributed by atoms with Crippen molar-refractivity contribution in [1.29, 1.82) is 0 Å². The van der Waals surface area contributed by atoms with Gasteiger partial charge in [-0.15, -0.1) is 0 Å². The molecule has 0 bridgehead atoms. The van der Waals surface area contributed by atoms with E-state index in [0.29, 0.717) is 27.8 Å². The van der Waals surface area contributed by atoms with Crippen molar-refractivity contribution in [1.82, 2.24) is 20.0 Å². The number of benzene rings is 3. The highest BCUT2D eigenvalue weighted by Gasteiger charge is 2.46. The Kier molecular flexibility index (Phi) is 10.6. The van der Waals surface area contributed by atoms with E-state index in [4.69, 9.17) is 18.2 Å². The Balaban J connectivity index is 0.725. The molecule has 59 heavy (non-hydrogen) atoms. The SMILES string of the molecule is [C-]#[N+]c1ccc(N2CCC3(CCN(C(=O)c4ccc(N5CCN(CC6CCN(c7cccc8c7C(=O)N(C7CCC(=O)NC7=O)C8=O)CC6)CC5)cc4)CC3)C2)cc1Cl. The molecule has 5 amide bonds. The molecule has 14 heteroatoms. The van der Waals surface area contributed by atoms with Gasteiger partial charge in [0.2, 0.25) is 17.5 Å². The fourth-order valence-electron chi connectivity index (χ4n) is 10.2. The van der Waals surface area contributed by atoms with E-state index in [1.54, 1.807) is 18.2 Å². The van der Waals surface area contributed by atoms with Gasteiger partial charge in [0.05, 0.1) is 23.4 Å². The second kappa shape index (κ2) is 16.0. The lowest BCUT2D eigenvalue weighted by molar-refractivity contribution is -0.136. The highest BCUT2D eigenvalue weighted by molar-refractivity contribution is 6.33. The summed E-state index contributed by atoms with van der Waals surface area (Å²) in [7, 11) is 0. The van der Waals surface area contributed by atoms with Crippen LogP contribution >= 0.6 is 11.6 Å². The molecule has 6 aliphatic heterocycles. The molecule has 1 atom stereocenters. The summed E-state index contributed by atoms with van der Waals surface area (Å²) in [6, 6.07) is 18.2. The molecule has 6 heterocycles. The minimum Gasteiger partial charge on any atom is -0.371 e. The van der Waals surface area contributed by atoms with Crippen LogP contribution in [0.15, 0.2) is 60.7 Å². The van der Waals surface area contributed by atoms with Crippen LogP contribution in [0.25, 0.3) is 4.85 Å². The van der Waals surface area contributed by atoms with E-state index in [9.17, 15) is 24.0 Å². The van der Waals surface area contributed by atoms with E-state index >= 15 is 0 Å². The van der Waals surface area contributed by atoms with Gasteiger partial charge in [-0.25, -0.2) is 4.85 Å². The van der Waals surface area contributed by atoms with E-state index in [0.717, 1.165) is 132 Å². The predicted octanol–water partition coefficient (Wildman–Crippen LogP) is 5.46. The zero-order valence-electron chi connectivity index (χ0n) is 33.2. The van der Waals surface area contributed by atoms with Crippen molar-refractivity contribution in [2.75, 3.05) is 86.7 Å². The third-order valence-corrected chi connectivity index (χ3v) is 14.0. The maximum absolute atomic E-state index is 13.6. The summed E-state index contributed by atoms with van der Waals surface area (Å²) >= 11 is 6.33. The van der Waals surface area contributed by atoms with Crippen LogP contribution in [0, 0.1) is 17.9 Å². The molecule has 3 aromatic rings. The average molecular weight is 817 g/mol. The summed E-state index contributed by atoms with van der Waals surface area (Å²) in [5.41, 5.74) is 5.04. The molecule has 13 nitrogen and oxygen atoms in total. The summed E-state index contributed by atoms with van der Waals surface area (Å²) in [6.45, 7) is 17.0. The number of nitrogens with zero attached hydrogens (tertiary/aromatic N) is 7. The number of nitrogens with one attached hydrogen (secondary N) is 1. The Hall–Kier alpha value is -5.45. The Labute approximate surface area is 349 Å². The third kappa shape index (κ3) is 7.53. The lowest BCUT2D eigenvalue weighted by Crippen LogP contribution is -2.54. The van der Waals surface area contributed by atoms with Crippen LogP contribution in [-0.2, 0) is 9.59 Å². The van der Waals surface area contributed by atoms with Crippen LogP contribution in [0.5, 0.6) is 0 Å². The van der Waals surface area contributed by atoms with Gasteiger partial charge in [0.25, 0.3) is 17.7 Å². The van der Waals surface area contributed by atoms with Crippen molar-refractivity contribution in [2.24, 2.45) is 11.3 Å². The highest BCUT2D eigenvalue weighted by atomic mass is 35.5. The molecule has 1 N–H and O–H groups in total. The van der Waals surface area contributed by atoms with E-state index in [2.05, 4.69) is 41.9 Å². The summed E-state index contributed by atoms with van der Waals surface area (Å²) in [6.07, 6.45) is 5.24. The average Bonchev–Trinajstić information content (AvgIpc) is 3.78. The van der Waals surface area contributed by atoms with Gasteiger partial charge in [-0.1, -0.05) is 23.7 Å². The smallest absolute Gasteiger partial charge is 0.264 e. The molecule has 1 unspecified atom stereocenters. The van der Waals surface area contributed by atoms with Crippen LogP contribution in [0.3, 0.4) is 0 Å². The summed E-state index contributed by atoms with van der Waals surface area (Å²) in [5.74, 6) is -1.29. The number of piperidine rings is 3. The first kappa shape index (κ1) is 39.0. The van der Waals surface area contributed by atoms with E-state index < -0.39 is 23.8 Å². The second-order valence-electron chi connectivity index (χ2n) is 17.1. The minimum absolute atomic E-state index is 0.0946. The van der Waals surface area contributed by atoms with Crippen molar-refractivity contribution in [3.63, 3.8) is 0 Å². The number of halogens is 1. The molecule has 0 radical (unpaired) electrons. The first-order valence-corrected chi connectivity index (χ1v) is 21.4. The monoisotopic (exact) mass is 816 g/mol. The third-order valence-electron chi connectivity index (χ3n) is 13.7. The van der Waals surface area contributed by atoms with Gasteiger partial charge in [-0.05, 0) is 98.4 Å². The first-order chi connectivity index (χ1) is 28.6. The maximum Gasteiger partial charge on any atom is 0.264 e. The fourth-order valence-corrected chi connectivity index (χ4v) is 10.4. The van der Waals surface area contributed by atoms with Crippen molar-refractivity contribution in [3.05, 3.63) is 93.8 Å². The first-order valence-electron chi connectivity index (χ1n) is 21.0. The lowest BCUT2D eigenvalue weighted by Gasteiger charge is -2.40. The van der Waals surface area contributed by atoms with Gasteiger partial charge >= 0.3 is 0 Å². The predicted molar refractivity (Wildman–Crippen MR) is 225 cm³/mol. The normalized spacial score (nSPS) is 22.6. The Morgan fingerprint density at radius 1 is 0.780 bits per heavy atom.